The summed E-state index contributed by atoms with van der Waals surface area (Å²) in [5.41, 5.74) is 6.87. The summed E-state index contributed by atoms with van der Waals surface area (Å²) in [6.45, 7) is 2.57. The Morgan fingerprint density at radius 2 is 2.40 bits per heavy atom. The SMILES string of the molecule is CN.c1cc2nn3c(c2s1)COCCC3. The first-order valence-corrected chi connectivity index (χ1v) is 5.91. The van der Waals surface area contributed by atoms with Gasteiger partial charge in [0, 0.05) is 13.2 Å². The van der Waals surface area contributed by atoms with Crippen molar-refractivity contribution in [2.24, 2.45) is 5.73 Å². The average molecular weight is 225 g/mol. The minimum atomic E-state index is 0.719. The number of rotatable bonds is 0. The second-order valence-electron chi connectivity index (χ2n) is 3.21. The van der Waals surface area contributed by atoms with E-state index in [0.29, 0.717) is 0 Å². The molecule has 0 unspecified atom stereocenters. The normalized spacial score (nSPS) is 15.3. The number of hydrogen-bond donors (Lipinski definition) is 1. The highest BCUT2D eigenvalue weighted by Crippen LogP contribution is 2.26. The molecule has 0 saturated carbocycles. The molecule has 3 heterocycles. The van der Waals surface area contributed by atoms with Crippen LogP contribution in [0.3, 0.4) is 0 Å². The number of hydrogen-bond acceptors (Lipinski definition) is 4. The Morgan fingerprint density at radius 1 is 1.53 bits per heavy atom. The maximum Gasteiger partial charge on any atom is 0.103 e. The summed E-state index contributed by atoms with van der Waals surface area (Å²) in [6.07, 6.45) is 1.07. The van der Waals surface area contributed by atoms with Crippen LogP contribution >= 0.6 is 11.3 Å². The Kier molecular flexibility index (Phi) is 3.35. The Morgan fingerprint density at radius 3 is 3.27 bits per heavy atom. The number of fused-ring (bicyclic) bond motifs is 3. The Balaban J connectivity index is 0.000000404. The van der Waals surface area contributed by atoms with Crippen molar-refractivity contribution in [1.82, 2.24) is 9.78 Å². The van der Waals surface area contributed by atoms with Gasteiger partial charge in [-0.25, -0.2) is 0 Å². The summed E-state index contributed by atoms with van der Waals surface area (Å²) in [4.78, 5) is 0. The van der Waals surface area contributed by atoms with Crippen LogP contribution < -0.4 is 5.73 Å². The molecular weight excluding hydrogens is 210 g/mol. The van der Waals surface area contributed by atoms with Crippen molar-refractivity contribution < 1.29 is 4.74 Å². The summed E-state index contributed by atoms with van der Waals surface area (Å²) in [5.74, 6) is 0. The molecule has 2 aromatic heterocycles. The number of aryl methyl sites for hydroxylation is 1. The number of nitrogens with zero attached hydrogens (tertiary/aromatic N) is 2. The molecule has 0 fully saturated rings. The zero-order valence-electron chi connectivity index (χ0n) is 8.77. The van der Waals surface area contributed by atoms with Crippen LogP contribution in [0.4, 0.5) is 0 Å². The van der Waals surface area contributed by atoms with Crippen LogP contribution in [0.15, 0.2) is 11.4 Å². The highest BCUT2D eigenvalue weighted by molar-refractivity contribution is 7.17. The van der Waals surface area contributed by atoms with Gasteiger partial charge in [0.05, 0.1) is 17.0 Å². The molecule has 0 radical (unpaired) electrons. The first-order valence-electron chi connectivity index (χ1n) is 5.03. The maximum atomic E-state index is 5.50. The summed E-state index contributed by atoms with van der Waals surface area (Å²) in [7, 11) is 1.50. The Bertz CT molecular complexity index is 435. The van der Waals surface area contributed by atoms with Crippen LogP contribution in [0.2, 0.25) is 0 Å². The summed E-state index contributed by atoms with van der Waals surface area (Å²) >= 11 is 1.75. The van der Waals surface area contributed by atoms with Gasteiger partial charge in [0.2, 0.25) is 0 Å². The van der Waals surface area contributed by atoms with Gasteiger partial charge >= 0.3 is 0 Å². The maximum absolute atomic E-state index is 5.50. The van der Waals surface area contributed by atoms with E-state index in [9.17, 15) is 0 Å². The van der Waals surface area contributed by atoms with Crippen LogP contribution in [0, 0.1) is 0 Å². The highest BCUT2D eigenvalue weighted by atomic mass is 32.1. The number of aromatic nitrogens is 2. The van der Waals surface area contributed by atoms with Crippen LogP contribution in [0.25, 0.3) is 10.2 Å². The average Bonchev–Trinajstić information content (AvgIpc) is 2.76. The van der Waals surface area contributed by atoms with Crippen LogP contribution in [0.1, 0.15) is 12.1 Å². The fourth-order valence-corrected chi connectivity index (χ4v) is 2.58. The van der Waals surface area contributed by atoms with Gasteiger partial charge in [-0.1, -0.05) is 0 Å². The fraction of sp³-hybridized carbons (Fsp3) is 0.500. The second-order valence-corrected chi connectivity index (χ2v) is 4.13. The first-order chi connectivity index (χ1) is 7.45. The van der Waals surface area contributed by atoms with Crippen LogP contribution in [0.5, 0.6) is 0 Å². The lowest BCUT2D eigenvalue weighted by Gasteiger charge is -1.98. The molecule has 3 rings (SSSR count). The van der Waals surface area contributed by atoms with Gasteiger partial charge in [-0.05, 0) is 24.9 Å². The summed E-state index contributed by atoms with van der Waals surface area (Å²) in [5, 5.41) is 6.61. The zero-order chi connectivity index (χ0) is 10.7. The molecule has 4 nitrogen and oxygen atoms in total. The first kappa shape index (κ1) is 10.6. The molecule has 2 N–H and O–H groups in total. The van der Waals surface area contributed by atoms with E-state index >= 15 is 0 Å². The zero-order valence-corrected chi connectivity index (χ0v) is 9.59. The third-order valence-electron chi connectivity index (χ3n) is 2.34. The predicted octanol–water partition coefficient (Wildman–Crippen LogP) is 1.59. The van der Waals surface area contributed by atoms with Gasteiger partial charge in [0.1, 0.15) is 5.52 Å². The van der Waals surface area contributed by atoms with Crippen LogP contribution in [-0.4, -0.2) is 23.4 Å². The number of ether oxygens (including phenoxy) is 1. The minimum Gasteiger partial charge on any atom is -0.375 e. The van der Waals surface area contributed by atoms with E-state index in [1.165, 1.54) is 17.4 Å². The molecule has 1 aliphatic rings. The van der Waals surface area contributed by atoms with Crippen molar-refractivity contribution in [3.63, 3.8) is 0 Å². The van der Waals surface area contributed by atoms with Crippen molar-refractivity contribution in [2.75, 3.05) is 13.7 Å². The van der Waals surface area contributed by atoms with Gasteiger partial charge in [-0.2, -0.15) is 5.10 Å². The van der Waals surface area contributed by atoms with Crippen molar-refractivity contribution in [3.05, 3.63) is 17.1 Å². The molecule has 5 heteroatoms. The van der Waals surface area contributed by atoms with Crippen molar-refractivity contribution in [1.29, 1.82) is 0 Å². The van der Waals surface area contributed by atoms with E-state index in [1.807, 2.05) is 0 Å². The molecule has 0 spiro atoms. The second kappa shape index (κ2) is 4.74. The van der Waals surface area contributed by atoms with E-state index < -0.39 is 0 Å². The topological polar surface area (TPSA) is 53.1 Å². The Labute approximate surface area is 92.6 Å². The van der Waals surface area contributed by atoms with Crippen LogP contribution in [-0.2, 0) is 17.9 Å². The molecule has 0 saturated heterocycles. The lowest BCUT2D eigenvalue weighted by molar-refractivity contribution is 0.125. The summed E-state index contributed by atoms with van der Waals surface area (Å²) < 4.78 is 8.89. The van der Waals surface area contributed by atoms with Gasteiger partial charge in [-0.3, -0.25) is 4.68 Å². The highest BCUT2D eigenvalue weighted by Gasteiger charge is 2.14. The fourth-order valence-electron chi connectivity index (χ4n) is 1.72. The van der Waals surface area contributed by atoms with Crippen molar-refractivity contribution in [2.45, 2.75) is 19.6 Å². The molecule has 0 aromatic carbocycles. The van der Waals surface area contributed by atoms with Crippen molar-refractivity contribution in [3.8, 4) is 0 Å². The summed E-state index contributed by atoms with van der Waals surface area (Å²) in [6, 6.07) is 2.07. The Hall–Kier alpha value is -0.910. The third kappa shape index (κ3) is 1.90. The standard InChI is InChI=1S/C9H10N2OS.CH5N/c1-3-11-8(6-12-4-1)9-7(10-11)2-5-13-9;1-2/h2,5H,1,3-4,6H2;2H2,1H3. The molecule has 82 valence electrons. The largest absolute Gasteiger partial charge is 0.375 e. The molecule has 0 aliphatic carbocycles. The molecule has 1 aliphatic heterocycles. The molecule has 15 heavy (non-hydrogen) atoms. The van der Waals surface area contributed by atoms with E-state index in [1.54, 1.807) is 11.3 Å². The predicted molar refractivity (Wildman–Crippen MR) is 62.0 cm³/mol. The van der Waals surface area contributed by atoms with E-state index in [-0.39, 0.29) is 0 Å². The third-order valence-corrected chi connectivity index (χ3v) is 3.30. The monoisotopic (exact) mass is 225 g/mol. The lowest BCUT2D eigenvalue weighted by Crippen LogP contribution is -2.01. The smallest absolute Gasteiger partial charge is 0.103 e. The molecule has 2 aromatic rings. The van der Waals surface area contributed by atoms with Gasteiger partial charge in [0.15, 0.2) is 0 Å². The van der Waals surface area contributed by atoms with E-state index in [0.717, 1.165) is 31.7 Å². The van der Waals surface area contributed by atoms with E-state index in [2.05, 4.69) is 27.0 Å². The number of thiophene rings is 1. The van der Waals surface area contributed by atoms with E-state index in [4.69, 9.17) is 4.74 Å². The molecule has 0 amide bonds. The lowest BCUT2D eigenvalue weighted by atomic mass is 10.4. The molecular formula is C10H15N3OS. The van der Waals surface area contributed by atoms with Gasteiger partial charge < -0.3 is 10.5 Å². The van der Waals surface area contributed by atoms with Gasteiger partial charge in [-0.15, -0.1) is 11.3 Å². The number of nitrogens with two attached hydrogens (primary N) is 1. The van der Waals surface area contributed by atoms with Gasteiger partial charge in [0.25, 0.3) is 0 Å². The molecule has 0 bridgehead atoms. The minimum absolute atomic E-state index is 0.719. The quantitative estimate of drug-likeness (QED) is 0.741. The van der Waals surface area contributed by atoms with Crippen molar-refractivity contribution >= 4 is 21.6 Å². The molecule has 0 atom stereocenters.